The van der Waals surface area contributed by atoms with Crippen LogP contribution in [0.3, 0.4) is 0 Å². The van der Waals surface area contributed by atoms with Crippen molar-refractivity contribution in [1.82, 2.24) is 29.5 Å². The number of hydrogen-bond acceptors (Lipinski definition) is 8. The summed E-state index contributed by atoms with van der Waals surface area (Å²) in [5.41, 5.74) is 1.85. The Morgan fingerprint density at radius 1 is 1.03 bits per heavy atom. The van der Waals surface area contributed by atoms with Crippen LogP contribution in [-0.4, -0.2) is 42.7 Å². The number of imidazole rings is 1. The summed E-state index contributed by atoms with van der Waals surface area (Å²) in [4.78, 5) is 21.6. The number of rotatable bonds is 9. The van der Waals surface area contributed by atoms with Gasteiger partial charge in [-0.05, 0) is 32.3 Å². The molecule has 3 aromatic heterocycles. The third-order valence-electron chi connectivity index (χ3n) is 6.06. The summed E-state index contributed by atoms with van der Waals surface area (Å²) in [5, 5.41) is 0. The normalized spacial score (nSPS) is 13.5. The summed E-state index contributed by atoms with van der Waals surface area (Å²) in [5.74, 6) is 1.89. The summed E-state index contributed by atoms with van der Waals surface area (Å²) >= 11 is 0. The van der Waals surface area contributed by atoms with Gasteiger partial charge in [0.2, 0.25) is 5.88 Å². The number of hydrogen-bond donors (Lipinski definition) is 0. The fourth-order valence-electron chi connectivity index (χ4n) is 4.10. The molecule has 39 heavy (non-hydrogen) atoms. The third-order valence-corrected chi connectivity index (χ3v) is 6.06. The summed E-state index contributed by atoms with van der Waals surface area (Å²) in [6.45, 7) is 3.91. The van der Waals surface area contributed by atoms with E-state index in [2.05, 4.69) is 24.9 Å². The first-order chi connectivity index (χ1) is 18.6. The molecule has 3 heterocycles. The van der Waals surface area contributed by atoms with Gasteiger partial charge in [-0.1, -0.05) is 24.3 Å². The zero-order valence-electron chi connectivity index (χ0n) is 21.9. The predicted octanol–water partition coefficient (Wildman–Crippen LogP) is 5.61. The van der Waals surface area contributed by atoms with Gasteiger partial charge < -0.3 is 18.8 Å². The molecule has 1 aliphatic carbocycles. The number of methoxy groups -OCH3 is 1. The molecule has 1 aliphatic rings. The van der Waals surface area contributed by atoms with Crippen molar-refractivity contribution in [2.45, 2.75) is 51.5 Å². The number of aromatic nitrogens is 6. The van der Waals surface area contributed by atoms with E-state index >= 15 is 0 Å². The third kappa shape index (κ3) is 5.79. The van der Waals surface area contributed by atoms with Gasteiger partial charge in [0.1, 0.15) is 24.3 Å². The lowest BCUT2D eigenvalue weighted by atomic mass is 10.1. The molecule has 4 aromatic rings. The maximum absolute atomic E-state index is 13.1. The molecule has 12 heteroatoms. The number of nitrogens with zero attached hydrogens (tertiary/aromatic N) is 6. The van der Waals surface area contributed by atoms with Crippen molar-refractivity contribution in [3.8, 4) is 40.3 Å². The minimum Gasteiger partial charge on any atom is -0.484 e. The van der Waals surface area contributed by atoms with Gasteiger partial charge in [0.25, 0.3) is 5.88 Å². The lowest BCUT2D eigenvalue weighted by molar-refractivity contribution is -0.140. The first kappa shape index (κ1) is 26.4. The monoisotopic (exact) mass is 540 g/mol. The van der Waals surface area contributed by atoms with Crippen molar-refractivity contribution in [2.24, 2.45) is 7.05 Å². The van der Waals surface area contributed by atoms with Gasteiger partial charge in [-0.25, -0.2) is 19.9 Å². The van der Waals surface area contributed by atoms with Crippen molar-refractivity contribution in [3.63, 3.8) is 0 Å². The molecule has 0 N–H and O–H groups in total. The van der Waals surface area contributed by atoms with Crippen molar-refractivity contribution in [2.75, 3.05) is 7.11 Å². The molecule has 5 rings (SSSR count). The van der Waals surface area contributed by atoms with Gasteiger partial charge in [-0.3, -0.25) is 0 Å². The van der Waals surface area contributed by atoms with Crippen LogP contribution in [0.15, 0.2) is 43.0 Å². The summed E-state index contributed by atoms with van der Waals surface area (Å²) in [7, 11) is 3.06. The standard InChI is InChI=1S/C27H27F3N6O3/c1-15(2)39-19-11-31-23(21-22(17-9-10-17)32-14-33-26(21)37-4)35-25(19)38-13-16-5-7-18(8-6-16)24-34-20(12-36(24)3)27(28,29)30/h5-8,11-12,14-15,17H,9-10,13H2,1-4H3. The average molecular weight is 541 g/mol. The lowest BCUT2D eigenvalue weighted by Gasteiger charge is -2.16. The highest BCUT2D eigenvalue weighted by atomic mass is 19.4. The maximum Gasteiger partial charge on any atom is 0.434 e. The van der Waals surface area contributed by atoms with E-state index in [1.54, 1.807) is 30.5 Å². The van der Waals surface area contributed by atoms with Crippen molar-refractivity contribution in [3.05, 3.63) is 59.9 Å². The van der Waals surface area contributed by atoms with Crippen LogP contribution in [0.25, 0.3) is 22.8 Å². The molecule has 1 aromatic carbocycles. The van der Waals surface area contributed by atoms with Crippen LogP contribution in [0.4, 0.5) is 13.2 Å². The highest BCUT2D eigenvalue weighted by Crippen LogP contribution is 2.45. The van der Waals surface area contributed by atoms with E-state index in [4.69, 9.17) is 14.2 Å². The van der Waals surface area contributed by atoms with E-state index in [0.29, 0.717) is 34.5 Å². The Labute approximate surface area is 223 Å². The Bertz CT molecular complexity index is 1470. The average Bonchev–Trinajstić information content (AvgIpc) is 3.68. The fourth-order valence-corrected chi connectivity index (χ4v) is 4.10. The largest absolute Gasteiger partial charge is 0.484 e. The summed E-state index contributed by atoms with van der Waals surface area (Å²) < 4.78 is 57.9. The van der Waals surface area contributed by atoms with Crippen LogP contribution in [0.2, 0.25) is 0 Å². The fraction of sp³-hybridized carbons (Fsp3) is 0.370. The van der Waals surface area contributed by atoms with Crippen molar-refractivity contribution < 1.29 is 27.4 Å². The maximum atomic E-state index is 13.1. The minimum atomic E-state index is -4.51. The predicted molar refractivity (Wildman–Crippen MR) is 135 cm³/mol. The molecule has 0 spiro atoms. The van der Waals surface area contributed by atoms with E-state index in [9.17, 15) is 13.2 Å². The number of ether oxygens (including phenoxy) is 3. The van der Waals surface area contributed by atoms with Gasteiger partial charge in [0, 0.05) is 24.7 Å². The van der Waals surface area contributed by atoms with Gasteiger partial charge in [-0.15, -0.1) is 0 Å². The van der Waals surface area contributed by atoms with Crippen molar-refractivity contribution in [1.29, 1.82) is 0 Å². The Balaban J connectivity index is 1.41. The molecule has 204 valence electrons. The molecule has 0 atom stereocenters. The Morgan fingerprint density at radius 3 is 2.38 bits per heavy atom. The van der Waals surface area contributed by atoms with Crippen molar-refractivity contribution >= 4 is 0 Å². The molecule has 9 nitrogen and oxygen atoms in total. The number of benzene rings is 1. The molecular formula is C27H27F3N6O3. The Morgan fingerprint density at radius 2 is 1.77 bits per heavy atom. The lowest BCUT2D eigenvalue weighted by Crippen LogP contribution is -2.10. The smallest absolute Gasteiger partial charge is 0.434 e. The quantitative estimate of drug-likeness (QED) is 0.271. The van der Waals surface area contributed by atoms with E-state index in [1.165, 1.54) is 25.1 Å². The second-order valence-electron chi connectivity index (χ2n) is 9.49. The van der Waals surface area contributed by atoms with E-state index in [-0.39, 0.29) is 24.4 Å². The number of aryl methyl sites for hydroxylation is 1. The molecule has 0 bridgehead atoms. The summed E-state index contributed by atoms with van der Waals surface area (Å²) in [6.07, 6.45) is 1.40. The highest BCUT2D eigenvalue weighted by Gasteiger charge is 2.34. The molecule has 0 radical (unpaired) electrons. The van der Waals surface area contributed by atoms with Crippen LogP contribution in [0.1, 0.15) is 49.6 Å². The van der Waals surface area contributed by atoms with Gasteiger partial charge >= 0.3 is 6.18 Å². The highest BCUT2D eigenvalue weighted by molar-refractivity contribution is 5.66. The topological polar surface area (TPSA) is 97.1 Å². The second-order valence-corrected chi connectivity index (χ2v) is 9.49. The molecule has 0 amide bonds. The molecule has 0 saturated heterocycles. The molecular weight excluding hydrogens is 513 g/mol. The number of halogens is 3. The van der Waals surface area contributed by atoms with Gasteiger partial charge in [0.05, 0.1) is 25.1 Å². The van der Waals surface area contributed by atoms with E-state index < -0.39 is 11.9 Å². The van der Waals surface area contributed by atoms with E-state index in [0.717, 1.165) is 30.3 Å². The molecule has 1 saturated carbocycles. The number of alkyl halides is 3. The molecule has 0 aliphatic heterocycles. The van der Waals surface area contributed by atoms with Crippen LogP contribution < -0.4 is 14.2 Å². The minimum absolute atomic E-state index is 0.136. The van der Waals surface area contributed by atoms with E-state index in [1.807, 2.05) is 13.8 Å². The SMILES string of the molecule is COc1ncnc(C2CC2)c1-c1ncc(OC(C)C)c(OCc2ccc(-c3nc(C(F)(F)F)cn3C)cc2)n1. The molecule has 0 unspecified atom stereocenters. The van der Waals surface area contributed by atoms with Crippen LogP contribution in [-0.2, 0) is 19.8 Å². The second kappa shape index (κ2) is 10.5. The van der Waals surface area contributed by atoms with Crippen LogP contribution >= 0.6 is 0 Å². The zero-order valence-corrected chi connectivity index (χ0v) is 21.9. The summed E-state index contributed by atoms with van der Waals surface area (Å²) in [6, 6.07) is 6.93. The van der Waals surface area contributed by atoms with Crippen LogP contribution in [0, 0.1) is 0 Å². The zero-order chi connectivity index (χ0) is 27.7. The Hall–Kier alpha value is -4.22. The molecule has 1 fully saturated rings. The first-order valence-corrected chi connectivity index (χ1v) is 12.4. The first-order valence-electron chi connectivity index (χ1n) is 12.4. The van der Waals surface area contributed by atoms with Crippen LogP contribution in [0.5, 0.6) is 17.5 Å². The van der Waals surface area contributed by atoms with Gasteiger partial charge in [0.15, 0.2) is 17.3 Å². The Kier molecular flexibility index (Phi) is 7.11. The van der Waals surface area contributed by atoms with Gasteiger partial charge in [-0.2, -0.15) is 18.2 Å².